The molecule has 2 aromatic carbocycles. The van der Waals surface area contributed by atoms with Gasteiger partial charge in [0.15, 0.2) is 0 Å². The average molecular weight is 504 g/mol. The van der Waals surface area contributed by atoms with E-state index in [1.54, 1.807) is 23.5 Å². The Morgan fingerprint density at radius 2 is 1.78 bits per heavy atom. The number of benzene rings is 2. The summed E-state index contributed by atoms with van der Waals surface area (Å²) in [5.74, 6) is 0.690. The summed E-state index contributed by atoms with van der Waals surface area (Å²) in [5.41, 5.74) is 2.67. The molecule has 0 spiro atoms. The number of anilines is 1. The Bertz CT molecular complexity index is 1240. The van der Waals surface area contributed by atoms with Crippen LogP contribution in [0.3, 0.4) is 0 Å². The number of nitrogens with zero attached hydrogens (tertiary/aromatic N) is 4. The van der Waals surface area contributed by atoms with E-state index in [9.17, 15) is 9.90 Å². The maximum Gasteiger partial charge on any atom is 0.150 e. The first kappa shape index (κ1) is 25.9. The zero-order valence-corrected chi connectivity index (χ0v) is 21.6. The normalized spacial score (nSPS) is 15.2. The molecule has 3 heterocycles. The van der Waals surface area contributed by atoms with Gasteiger partial charge in [-0.15, -0.1) is 11.3 Å². The molecule has 1 aliphatic rings. The molecule has 5 rings (SSSR count). The molecule has 1 atom stereocenters. The zero-order valence-electron chi connectivity index (χ0n) is 20.8. The highest BCUT2D eigenvalue weighted by atomic mass is 32.1. The van der Waals surface area contributed by atoms with Crippen LogP contribution in [0.25, 0.3) is 20.7 Å². The number of aldehydes is 1. The summed E-state index contributed by atoms with van der Waals surface area (Å²) in [5, 5.41) is 14.1. The van der Waals surface area contributed by atoms with Gasteiger partial charge in [-0.1, -0.05) is 61.5 Å². The Morgan fingerprint density at radius 3 is 2.42 bits per heavy atom. The van der Waals surface area contributed by atoms with Gasteiger partial charge in [0.1, 0.15) is 23.3 Å². The van der Waals surface area contributed by atoms with Gasteiger partial charge in [0.05, 0.1) is 18.0 Å². The van der Waals surface area contributed by atoms with E-state index >= 15 is 0 Å². The molecule has 7 nitrogen and oxygen atoms in total. The second kappa shape index (κ2) is 12.7. The van der Waals surface area contributed by atoms with Crippen LogP contribution in [0.4, 0.5) is 5.82 Å². The number of aromatic nitrogens is 2. The molecule has 0 saturated carbocycles. The van der Waals surface area contributed by atoms with E-state index in [2.05, 4.69) is 39.1 Å². The van der Waals surface area contributed by atoms with Gasteiger partial charge in [-0.3, -0.25) is 4.79 Å². The average Bonchev–Trinajstić information content (AvgIpc) is 3.38. The lowest BCUT2D eigenvalue weighted by atomic mass is 10.1. The minimum atomic E-state index is -0.250. The van der Waals surface area contributed by atoms with Crippen molar-refractivity contribution >= 4 is 33.7 Å². The van der Waals surface area contributed by atoms with Crippen molar-refractivity contribution in [2.45, 2.75) is 13.0 Å². The molecule has 1 fully saturated rings. The van der Waals surface area contributed by atoms with Gasteiger partial charge < -0.3 is 20.2 Å². The van der Waals surface area contributed by atoms with Crippen molar-refractivity contribution in [3.8, 4) is 10.4 Å². The number of fused-ring (bicyclic) bond motifs is 1. The quantitative estimate of drug-likeness (QED) is 0.358. The summed E-state index contributed by atoms with van der Waals surface area (Å²) in [6.45, 7) is 8.40. The number of hydrogen-bond donors (Lipinski definition) is 2. The number of hydrogen-bond acceptors (Lipinski definition) is 8. The molecule has 0 radical (unpaired) electrons. The van der Waals surface area contributed by atoms with Crippen LogP contribution in [-0.4, -0.2) is 77.5 Å². The second-order valence-corrected chi connectivity index (χ2v) is 9.85. The highest BCUT2D eigenvalue weighted by molar-refractivity contribution is 7.21. The number of aliphatic hydroxyl groups excluding tert-OH is 1. The fourth-order valence-corrected chi connectivity index (χ4v) is 5.09. The molecule has 0 amide bonds. The van der Waals surface area contributed by atoms with Crippen molar-refractivity contribution in [2.24, 2.45) is 0 Å². The topological polar surface area (TPSA) is 81.6 Å². The van der Waals surface area contributed by atoms with E-state index in [-0.39, 0.29) is 12.6 Å². The van der Waals surface area contributed by atoms with Gasteiger partial charge >= 0.3 is 0 Å². The lowest BCUT2D eigenvalue weighted by Gasteiger charge is -2.31. The first-order valence-corrected chi connectivity index (χ1v) is 13.1. The van der Waals surface area contributed by atoms with Gasteiger partial charge in [-0.25, -0.2) is 9.97 Å². The van der Waals surface area contributed by atoms with Gasteiger partial charge in [0.25, 0.3) is 0 Å². The number of thiophene rings is 1. The first-order chi connectivity index (χ1) is 17.6. The van der Waals surface area contributed by atoms with Crippen molar-refractivity contribution in [3.05, 3.63) is 78.1 Å². The van der Waals surface area contributed by atoms with Crippen LogP contribution in [0.2, 0.25) is 0 Å². The maximum atomic E-state index is 10.8. The monoisotopic (exact) mass is 503 g/mol. The van der Waals surface area contributed by atoms with Crippen molar-refractivity contribution in [1.29, 1.82) is 0 Å². The number of nitrogens with one attached hydrogen (secondary N) is 1. The molecule has 0 bridgehead atoms. The van der Waals surface area contributed by atoms with E-state index in [0.29, 0.717) is 11.4 Å². The Balaban J connectivity index is 0.000000286. The van der Waals surface area contributed by atoms with E-state index in [4.69, 9.17) is 0 Å². The first-order valence-electron chi connectivity index (χ1n) is 12.2. The molecule has 0 unspecified atom stereocenters. The second-order valence-electron chi connectivity index (χ2n) is 8.82. The van der Waals surface area contributed by atoms with E-state index in [0.717, 1.165) is 32.5 Å². The van der Waals surface area contributed by atoms with Gasteiger partial charge in [-0.2, -0.15) is 0 Å². The summed E-state index contributed by atoms with van der Waals surface area (Å²) in [4.78, 5) is 26.4. The lowest BCUT2D eigenvalue weighted by molar-refractivity contribution is 0.112. The lowest BCUT2D eigenvalue weighted by Crippen LogP contribution is -2.44. The molecule has 1 aliphatic heterocycles. The molecule has 2 N–H and O–H groups in total. The highest BCUT2D eigenvalue weighted by Gasteiger charge is 2.15. The number of aliphatic hydroxyl groups is 1. The van der Waals surface area contributed by atoms with Crippen LogP contribution >= 0.6 is 11.3 Å². The van der Waals surface area contributed by atoms with Crippen LogP contribution in [0.1, 0.15) is 28.9 Å². The molecule has 0 aliphatic carbocycles. The van der Waals surface area contributed by atoms with Crippen LogP contribution in [0.5, 0.6) is 0 Å². The minimum Gasteiger partial charge on any atom is -0.394 e. The Hall–Kier alpha value is -3.17. The number of carbonyl (C=O) groups excluding carboxylic acids is 1. The SMILES string of the molecule is CCN1CCN(C)CC1.O=Cc1ccc(-c2cc3c(N[C@H](CO)c4ccccc4)ncnc3s2)cc1. The minimum absolute atomic E-state index is 0.0420. The summed E-state index contributed by atoms with van der Waals surface area (Å²) in [6, 6.07) is 19.0. The third kappa shape index (κ3) is 6.53. The zero-order chi connectivity index (χ0) is 25.3. The fourth-order valence-electron chi connectivity index (χ4n) is 4.09. The highest BCUT2D eigenvalue weighted by Crippen LogP contribution is 2.35. The number of piperazine rings is 1. The van der Waals surface area contributed by atoms with Gasteiger partial charge in [0.2, 0.25) is 0 Å². The number of rotatable bonds is 7. The number of likely N-dealkylation sites (N-methyl/N-ethyl adjacent to an activating group) is 2. The predicted molar refractivity (Wildman–Crippen MR) is 148 cm³/mol. The third-order valence-electron chi connectivity index (χ3n) is 6.40. The molecule has 2 aromatic heterocycles. The molecule has 36 heavy (non-hydrogen) atoms. The van der Waals surface area contributed by atoms with Crippen molar-refractivity contribution in [1.82, 2.24) is 19.8 Å². The van der Waals surface area contributed by atoms with Crippen LogP contribution in [0.15, 0.2) is 67.0 Å². The van der Waals surface area contributed by atoms with Gasteiger partial charge in [0, 0.05) is 36.6 Å². The Morgan fingerprint density at radius 1 is 1.06 bits per heavy atom. The van der Waals surface area contributed by atoms with Crippen molar-refractivity contribution in [3.63, 3.8) is 0 Å². The molecular formula is C28H33N5O2S. The molecule has 8 heteroatoms. The largest absolute Gasteiger partial charge is 0.394 e. The molecule has 4 aromatic rings. The third-order valence-corrected chi connectivity index (χ3v) is 7.49. The smallest absolute Gasteiger partial charge is 0.150 e. The maximum absolute atomic E-state index is 10.8. The van der Waals surface area contributed by atoms with Crippen LogP contribution in [-0.2, 0) is 0 Å². The van der Waals surface area contributed by atoms with E-state index < -0.39 is 0 Å². The van der Waals surface area contributed by atoms with Crippen molar-refractivity contribution < 1.29 is 9.90 Å². The van der Waals surface area contributed by atoms with Crippen molar-refractivity contribution in [2.75, 3.05) is 51.7 Å². The van der Waals surface area contributed by atoms with E-state index in [1.807, 2.05) is 48.5 Å². The fraction of sp³-hybridized carbons (Fsp3) is 0.321. The molecule has 188 valence electrons. The van der Waals surface area contributed by atoms with Crippen LogP contribution in [0, 0.1) is 0 Å². The standard InChI is InChI=1S/C21H17N3O2S.C7H16N2/c25-11-14-6-8-16(9-7-14)19-10-17-20(22-13-23-21(17)27-19)24-18(12-26)15-4-2-1-3-5-15;1-3-9-6-4-8(2)5-7-9/h1-11,13,18,26H,12H2,(H,22,23,24);3-7H2,1-2H3/t18-;/m1./s1. The Labute approximate surface area is 216 Å². The van der Waals surface area contributed by atoms with Gasteiger partial charge in [-0.05, 0) is 30.8 Å². The molecular weight excluding hydrogens is 470 g/mol. The Kier molecular flexibility index (Phi) is 9.13. The summed E-state index contributed by atoms with van der Waals surface area (Å²) in [7, 11) is 2.19. The number of carbonyl (C=O) groups is 1. The summed E-state index contributed by atoms with van der Waals surface area (Å²) >= 11 is 1.57. The van der Waals surface area contributed by atoms with Crippen LogP contribution < -0.4 is 5.32 Å². The summed E-state index contributed by atoms with van der Waals surface area (Å²) < 4.78 is 0. The predicted octanol–water partition coefficient (Wildman–Crippen LogP) is 4.57. The molecule has 1 saturated heterocycles. The summed E-state index contributed by atoms with van der Waals surface area (Å²) in [6.07, 6.45) is 2.36. The van der Waals surface area contributed by atoms with E-state index in [1.165, 1.54) is 39.1 Å².